The average Bonchev–Trinajstić information content (AvgIpc) is 2.84. The summed E-state index contributed by atoms with van der Waals surface area (Å²) in [5, 5.41) is 1.70. The fourth-order valence-electron chi connectivity index (χ4n) is 1.79. The van der Waals surface area contributed by atoms with E-state index >= 15 is 0 Å². The van der Waals surface area contributed by atoms with Gasteiger partial charge in [0, 0.05) is 11.1 Å². The van der Waals surface area contributed by atoms with Gasteiger partial charge in [0.1, 0.15) is 13.2 Å². The molecule has 2 rings (SSSR count). The van der Waals surface area contributed by atoms with Gasteiger partial charge in [0.25, 0.3) is 0 Å². The molecule has 1 aromatic heterocycles. The Kier molecular flexibility index (Phi) is 5.11. The Morgan fingerprint density at radius 2 is 1.91 bits per heavy atom. The van der Waals surface area contributed by atoms with E-state index in [0.29, 0.717) is 5.56 Å². The van der Waals surface area contributed by atoms with Gasteiger partial charge in [0.15, 0.2) is 0 Å². The molecule has 0 spiro atoms. The van der Waals surface area contributed by atoms with Gasteiger partial charge < -0.3 is 9.47 Å². The number of ether oxygens (including phenoxy) is 2. The lowest BCUT2D eigenvalue weighted by atomic mass is 10.1. The number of nitrogens with zero attached hydrogens (tertiary/aromatic N) is 1. The number of esters is 2. The number of methoxy groups -OCH3 is 1. The van der Waals surface area contributed by atoms with Crippen LogP contribution in [0.15, 0.2) is 34.4 Å². The number of aromatic nitrogens is 1. The zero-order valence-corrected chi connectivity index (χ0v) is 13.0. The molecule has 0 saturated carbocycles. The van der Waals surface area contributed by atoms with Gasteiger partial charge in [-0.3, -0.25) is 14.2 Å². The Labute approximate surface area is 130 Å². The SMILES string of the molecule is COC(=O)c1ccc(COC(=O)Cn2c(C)csc2=O)cc1. The smallest absolute Gasteiger partial charge is 0.337 e. The zero-order valence-electron chi connectivity index (χ0n) is 12.2. The monoisotopic (exact) mass is 321 g/mol. The summed E-state index contributed by atoms with van der Waals surface area (Å²) < 4.78 is 11.1. The number of carbonyl (C=O) groups is 2. The lowest BCUT2D eigenvalue weighted by molar-refractivity contribution is -0.145. The van der Waals surface area contributed by atoms with Crippen molar-refractivity contribution in [2.45, 2.75) is 20.1 Å². The third-order valence-electron chi connectivity index (χ3n) is 3.04. The molecule has 0 N–H and O–H groups in total. The molecule has 0 unspecified atom stereocenters. The standard InChI is InChI=1S/C15H15NO5S/c1-10-9-22-15(19)16(10)7-13(17)21-8-11-3-5-12(6-4-11)14(18)20-2/h3-6,9H,7-8H2,1-2H3. The molecule has 1 heterocycles. The number of rotatable bonds is 5. The molecule has 7 heteroatoms. The molecule has 0 aliphatic carbocycles. The van der Waals surface area contributed by atoms with Crippen molar-refractivity contribution < 1.29 is 19.1 Å². The molecule has 2 aromatic rings. The first-order valence-corrected chi connectivity index (χ1v) is 7.37. The summed E-state index contributed by atoms with van der Waals surface area (Å²) in [5.41, 5.74) is 1.91. The van der Waals surface area contributed by atoms with Crippen molar-refractivity contribution in [3.05, 3.63) is 56.1 Å². The second-order valence-electron chi connectivity index (χ2n) is 4.58. The Bertz CT molecular complexity index is 729. The first-order valence-electron chi connectivity index (χ1n) is 6.49. The number of benzene rings is 1. The Morgan fingerprint density at radius 1 is 1.23 bits per heavy atom. The quantitative estimate of drug-likeness (QED) is 0.784. The number of hydrogen-bond acceptors (Lipinski definition) is 6. The van der Waals surface area contributed by atoms with E-state index in [4.69, 9.17) is 4.74 Å². The van der Waals surface area contributed by atoms with Gasteiger partial charge in [0.2, 0.25) is 0 Å². The summed E-state index contributed by atoms with van der Waals surface area (Å²) in [7, 11) is 1.31. The third kappa shape index (κ3) is 3.82. The molecule has 0 amide bonds. The van der Waals surface area contributed by atoms with Crippen LogP contribution in [0.3, 0.4) is 0 Å². The van der Waals surface area contributed by atoms with Crippen LogP contribution in [0.2, 0.25) is 0 Å². The van der Waals surface area contributed by atoms with Crippen molar-refractivity contribution in [1.82, 2.24) is 4.57 Å². The van der Waals surface area contributed by atoms with E-state index < -0.39 is 11.9 Å². The molecule has 0 fully saturated rings. The molecular weight excluding hydrogens is 306 g/mol. The van der Waals surface area contributed by atoms with Crippen LogP contribution in [-0.2, 0) is 27.4 Å². The lowest BCUT2D eigenvalue weighted by Crippen LogP contribution is -2.22. The Hall–Kier alpha value is -2.41. The normalized spacial score (nSPS) is 10.3. The fraction of sp³-hybridized carbons (Fsp3) is 0.267. The summed E-state index contributed by atoms with van der Waals surface area (Å²) in [4.78, 5) is 34.4. The third-order valence-corrected chi connectivity index (χ3v) is 3.92. The molecule has 0 bridgehead atoms. The highest BCUT2D eigenvalue weighted by molar-refractivity contribution is 7.07. The van der Waals surface area contributed by atoms with Crippen LogP contribution < -0.4 is 4.87 Å². The predicted octanol–water partition coefficient (Wildman–Crippen LogP) is 1.75. The summed E-state index contributed by atoms with van der Waals surface area (Å²) >= 11 is 1.05. The minimum absolute atomic E-state index is 0.0816. The summed E-state index contributed by atoms with van der Waals surface area (Å²) in [6, 6.07) is 6.56. The Morgan fingerprint density at radius 3 is 2.45 bits per heavy atom. The summed E-state index contributed by atoms with van der Waals surface area (Å²) in [6.45, 7) is 1.74. The molecule has 0 saturated heterocycles. The fourth-order valence-corrected chi connectivity index (χ4v) is 2.52. The molecule has 1 aromatic carbocycles. The van der Waals surface area contributed by atoms with E-state index in [9.17, 15) is 14.4 Å². The second-order valence-corrected chi connectivity index (χ2v) is 5.40. The van der Waals surface area contributed by atoms with Gasteiger partial charge in [-0.05, 0) is 24.6 Å². The average molecular weight is 321 g/mol. The largest absolute Gasteiger partial charge is 0.465 e. The van der Waals surface area contributed by atoms with Gasteiger partial charge in [-0.15, -0.1) is 0 Å². The van der Waals surface area contributed by atoms with Gasteiger partial charge in [-0.1, -0.05) is 23.5 Å². The predicted molar refractivity (Wildman–Crippen MR) is 80.9 cm³/mol. The maximum Gasteiger partial charge on any atom is 0.337 e. The van der Waals surface area contributed by atoms with Crippen molar-refractivity contribution >= 4 is 23.3 Å². The van der Waals surface area contributed by atoms with Crippen molar-refractivity contribution in [2.75, 3.05) is 7.11 Å². The van der Waals surface area contributed by atoms with Gasteiger partial charge in [0.05, 0.1) is 12.7 Å². The van der Waals surface area contributed by atoms with Crippen molar-refractivity contribution in [1.29, 1.82) is 0 Å². The maximum absolute atomic E-state index is 11.8. The second kappa shape index (κ2) is 7.04. The molecule has 116 valence electrons. The highest BCUT2D eigenvalue weighted by Gasteiger charge is 2.10. The maximum atomic E-state index is 11.8. The number of hydrogen-bond donors (Lipinski definition) is 0. The topological polar surface area (TPSA) is 74.6 Å². The minimum atomic E-state index is -0.486. The zero-order chi connectivity index (χ0) is 16.1. The summed E-state index contributed by atoms with van der Waals surface area (Å²) in [6.07, 6.45) is 0. The highest BCUT2D eigenvalue weighted by atomic mass is 32.1. The minimum Gasteiger partial charge on any atom is -0.465 e. The molecular formula is C15H15NO5S. The molecule has 6 nitrogen and oxygen atoms in total. The number of aryl methyl sites for hydroxylation is 1. The van der Waals surface area contributed by atoms with Crippen molar-refractivity contribution in [3.63, 3.8) is 0 Å². The molecule has 22 heavy (non-hydrogen) atoms. The van der Waals surface area contributed by atoms with E-state index in [-0.39, 0.29) is 18.0 Å². The van der Waals surface area contributed by atoms with E-state index in [1.165, 1.54) is 11.7 Å². The Balaban J connectivity index is 1.91. The summed E-state index contributed by atoms with van der Waals surface area (Å²) in [5.74, 6) is -0.906. The van der Waals surface area contributed by atoms with E-state index in [2.05, 4.69) is 4.74 Å². The van der Waals surface area contributed by atoms with Crippen molar-refractivity contribution in [2.24, 2.45) is 0 Å². The van der Waals surface area contributed by atoms with Crippen molar-refractivity contribution in [3.8, 4) is 0 Å². The van der Waals surface area contributed by atoms with Crippen LogP contribution in [-0.4, -0.2) is 23.6 Å². The van der Waals surface area contributed by atoms with Crippen LogP contribution >= 0.6 is 11.3 Å². The van der Waals surface area contributed by atoms with E-state index in [1.54, 1.807) is 36.6 Å². The van der Waals surface area contributed by atoms with Crippen LogP contribution in [0.25, 0.3) is 0 Å². The first-order chi connectivity index (χ1) is 10.5. The molecule has 0 aliphatic heterocycles. The molecule has 0 aliphatic rings. The number of thiazole rings is 1. The first kappa shape index (κ1) is 16.0. The van der Waals surface area contributed by atoms with E-state index in [0.717, 1.165) is 22.6 Å². The van der Waals surface area contributed by atoms with Crippen LogP contribution in [0, 0.1) is 6.92 Å². The molecule has 0 radical (unpaired) electrons. The lowest BCUT2D eigenvalue weighted by Gasteiger charge is -2.07. The number of carbonyl (C=O) groups excluding carboxylic acids is 2. The van der Waals surface area contributed by atoms with Gasteiger partial charge in [-0.2, -0.15) is 0 Å². The van der Waals surface area contributed by atoms with Crippen LogP contribution in [0.4, 0.5) is 0 Å². The van der Waals surface area contributed by atoms with Gasteiger partial charge in [-0.25, -0.2) is 4.79 Å². The van der Waals surface area contributed by atoms with E-state index in [1.807, 2.05) is 0 Å². The van der Waals surface area contributed by atoms with Gasteiger partial charge >= 0.3 is 16.8 Å². The van der Waals surface area contributed by atoms with Crippen LogP contribution in [0.1, 0.15) is 21.6 Å². The highest BCUT2D eigenvalue weighted by Crippen LogP contribution is 2.07. The van der Waals surface area contributed by atoms with Crippen LogP contribution in [0.5, 0.6) is 0 Å². The molecule has 0 atom stereocenters.